The molecule has 0 aliphatic carbocycles. The Hall–Kier alpha value is -2.51. The molecule has 0 fully saturated rings. The zero-order valence-corrected chi connectivity index (χ0v) is 15.1. The lowest BCUT2D eigenvalue weighted by molar-refractivity contribution is 0.842. The normalized spacial score (nSPS) is 11.1. The zero-order chi connectivity index (χ0) is 17.4. The molecule has 0 saturated carbocycles. The molecule has 0 amide bonds. The Morgan fingerprint density at radius 3 is 2.88 bits per heavy atom. The van der Waals surface area contributed by atoms with Crippen LogP contribution in [0.1, 0.15) is 11.4 Å². The molecule has 0 spiro atoms. The number of aromatic nitrogens is 5. The van der Waals surface area contributed by atoms with Crippen LogP contribution in [0.2, 0.25) is 5.02 Å². The highest BCUT2D eigenvalue weighted by Crippen LogP contribution is 2.25. The molecule has 4 rings (SSSR count). The summed E-state index contributed by atoms with van der Waals surface area (Å²) >= 11 is 9.40. The van der Waals surface area contributed by atoms with Crippen molar-refractivity contribution in [2.45, 2.75) is 6.42 Å². The molecule has 4 aromatic rings. The van der Waals surface area contributed by atoms with E-state index >= 15 is 0 Å². The van der Waals surface area contributed by atoms with Gasteiger partial charge in [-0.15, -0.1) is 0 Å². The molecule has 1 N–H and O–H groups in total. The fourth-order valence-electron chi connectivity index (χ4n) is 2.52. The van der Waals surface area contributed by atoms with E-state index in [1.807, 2.05) is 24.4 Å². The van der Waals surface area contributed by atoms with Gasteiger partial charge in [0.15, 0.2) is 5.82 Å². The number of fused-ring (bicyclic) bond motifs is 1. The van der Waals surface area contributed by atoms with Gasteiger partial charge in [-0.05, 0) is 45.8 Å². The number of pyridine rings is 1. The van der Waals surface area contributed by atoms with Crippen molar-refractivity contribution >= 4 is 38.4 Å². The Bertz CT molecular complexity index is 1110. The number of benzene rings is 1. The summed E-state index contributed by atoms with van der Waals surface area (Å²) in [5.74, 6) is 1.30. The van der Waals surface area contributed by atoms with Crippen LogP contribution in [0.15, 0.2) is 58.2 Å². The number of H-pyrrole nitrogens is 1. The monoisotopic (exact) mass is 415 g/mol. The van der Waals surface area contributed by atoms with Gasteiger partial charge in [-0.25, -0.2) is 14.6 Å². The molecule has 3 heterocycles. The van der Waals surface area contributed by atoms with E-state index in [0.717, 1.165) is 11.4 Å². The van der Waals surface area contributed by atoms with Crippen LogP contribution in [0.4, 0.5) is 0 Å². The van der Waals surface area contributed by atoms with E-state index in [9.17, 15) is 4.79 Å². The van der Waals surface area contributed by atoms with Crippen molar-refractivity contribution in [1.29, 1.82) is 0 Å². The van der Waals surface area contributed by atoms with Gasteiger partial charge in [-0.3, -0.25) is 4.79 Å². The molecule has 0 aliphatic heterocycles. The van der Waals surface area contributed by atoms with Crippen molar-refractivity contribution in [2.75, 3.05) is 0 Å². The predicted octanol–water partition coefficient (Wildman–Crippen LogP) is 3.51. The maximum Gasteiger partial charge on any atom is 0.258 e. The minimum atomic E-state index is -0.212. The van der Waals surface area contributed by atoms with E-state index in [2.05, 4.69) is 36.0 Å². The molecular formula is C17H11BrClN5O. The summed E-state index contributed by atoms with van der Waals surface area (Å²) in [5.41, 5.74) is 1.32. The Kier molecular flexibility index (Phi) is 4.10. The largest absolute Gasteiger partial charge is 0.310 e. The van der Waals surface area contributed by atoms with Gasteiger partial charge in [0, 0.05) is 29.5 Å². The maximum absolute atomic E-state index is 12.3. The molecule has 124 valence electrons. The second-order valence-corrected chi connectivity index (χ2v) is 6.71. The molecule has 6 nitrogen and oxygen atoms in total. The Labute approximate surface area is 155 Å². The summed E-state index contributed by atoms with van der Waals surface area (Å²) in [6, 6.07) is 9.00. The molecular weight excluding hydrogens is 406 g/mol. The number of halogens is 2. The minimum Gasteiger partial charge on any atom is -0.310 e. The van der Waals surface area contributed by atoms with Crippen LogP contribution in [0.25, 0.3) is 16.7 Å². The van der Waals surface area contributed by atoms with Gasteiger partial charge in [0.05, 0.1) is 15.9 Å². The highest BCUT2D eigenvalue weighted by molar-refractivity contribution is 9.10. The third kappa shape index (κ3) is 3.20. The molecule has 0 unspecified atom stereocenters. The fourth-order valence-corrected chi connectivity index (χ4v) is 3.02. The summed E-state index contributed by atoms with van der Waals surface area (Å²) in [5, 5.41) is 5.08. The number of nitrogens with one attached hydrogen (secondary N) is 1. The molecule has 0 atom stereocenters. The van der Waals surface area contributed by atoms with Crippen molar-refractivity contribution in [1.82, 2.24) is 24.7 Å². The molecule has 8 heteroatoms. The van der Waals surface area contributed by atoms with Gasteiger partial charge in [0.25, 0.3) is 5.56 Å². The topological polar surface area (TPSA) is 76.5 Å². The quantitative estimate of drug-likeness (QED) is 0.554. The van der Waals surface area contributed by atoms with Gasteiger partial charge in [0.1, 0.15) is 5.82 Å². The van der Waals surface area contributed by atoms with Crippen LogP contribution in [-0.4, -0.2) is 24.7 Å². The second-order valence-electron chi connectivity index (χ2n) is 5.45. The minimum absolute atomic E-state index is 0.212. The zero-order valence-electron chi connectivity index (χ0n) is 12.8. The summed E-state index contributed by atoms with van der Waals surface area (Å²) in [6.07, 6.45) is 5.74. The van der Waals surface area contributed by atoms with Crippen molar-refractivity contribution in [3.05, 3.63) is 80.2 Å². The van der Waals surface area contributed by atoms with Gasteiger partial charge >= 0.3 is 0 Å². The molecule has 0 bridgehead atoms. The smallest absolute Gasteiger partial charge is 0.258 e. The lowest BCUT2D eigenvalue weighted by atomic mass is 10.2. The van der Waals surface area contributed by atoms with E-state index in [0.29, 0.717) is 32.6 Å². The standard InChI is InChI=1S/C17H11BrClN5O/c18-12-8-14-11(7-13(12)19)17(25)23-15(22-14)6-10-2-3-16(20-9-10)24-5-1-4-21-24/h1-5,7-9H,6H2,(H,22,23,25). The molecule has 0 aliphatic rings. The number of aromatic amines is 1. The Morgan fingerprint density at radius 2 is 2.16 bits per heavy atom. The van der Waals surface area contributed by atoms with Crippen LogP contribution in [-0.2, 0) is 6.42 Å². The average Bonchev–Trinajstić information content (AvgIpc) is 3.12. The summed E-state index contributed by atoms with van der Waals surface area (Å²) < 4.78 is 2.39. The second kappa shape index (κ2) is 6.42. The van der Waals surface area contributed by atoms with Crippen molar-refractivity contribution in [2.24, 2.45) is 0 Å². The van der Waals surface area contributed by atoms with Crippen molar-refractivity contribution < 1.29 is 0 Å². The number of rotatable bonds is 3. The molecule has 1 aromatic carbocycles. The van der Waals surface area contributed by atoms with Crippen molar-refractivity contribution in [3.63, 3.8) is 0 Å². The molecule has 0 saturated heterocycles. The average molecular weight is 417 g/mol. The lowest BCUT2D eigenvalue weighted by Crippen LogP contribution is -2.12. The number of hydrogen-bond acceptors (Lipinski definition) is 4. The van der Waals surface area contributed by atoms with E-state index in [4.69, 9.17) is 11.6 Å². The SMILES string of the molecule is O=c1[nH]c(Cc2ccc(-n3cccn3)nc2)nc2cc(Br)c(Cl)cc12. The molecule has 3 aromatic heterocycles. The third-order valence-corrected chi connectivity index (χ3v) is 4.91. The predicted molar refractivity (Wildman–Crippen MR) is 99.2 cm³/mol. The third-order valence-electron chi connectivity index (χ3n) is 3.72. The van der Waals surface area contributed by atoms with Gasteiger partial charge in [0.2, 0.25) is 0 Å². The van der Waals surface area contributed by atoms with Crippen LogP contribution in [0.5, 0.6) is 0 Å². The summed E-state index contributed by atoms with van der Waals surface area (Å²) in [6.45, 7) is 0. The Morgan fingerprint density at radius 1 is 1.28 bits per heavy atom. The van der Waals surface area contributed by atoms with Crippen LogP contribution in [0.3, 0.4) is 0 Å². The van der Waals surface area contributed by atoms with Crippen LogP contribution >= 0.6 is 27.5 Å². The summed E-state index contributed by atoms with van der Waals surface area (Å²) in [7, 11) is 0. The number of nitrogens with zero attached hydrogens (tertiary/aromatic N) is 4. The van der Waals surface area contributed by atoms with Gasteiger partial charge < -0.3 is 4.98 Å². The van der Waals surface area contributed by atoms with Gasteiger partial charge in [-0.2, -0.15) is 5.10 Å². The number of hydrogen-bond donors (Lipinski definition) is 1. The van der Waals surface area contributed by atoms with E-state index in [1.54, 1.807) is 29.2 Å². The van der Waals surface area contributed by atoms with Crippen LogP contribution < -0.4 is 5.56 Å². The van der Waals surface area contributed by atoms with E-state index in [1.165, 1.54) is 0 Å². The Balaban J connectivity index is 1.66. The lowest BCUT2D eigenvalue weighted by Gasteiger charge is -2.06. The highest BCUT2D eigenvalue weighted by Gasteiger charge is 2.08. The van der Waals surface area contributed by atoms with Gasteiger partial charge in [-0.1, -0.05) is 17.7 Å². The first-order chi connectivity index (χ1) is 12.1. The van der Waals surface area contributed by atoms with E-state index in [-0.39, 0.29) is 5.56 Å². The maximum atomic E-state index is 12.3. The first-order valence-electron chi connectivity index (χ1n) is 7.43. The first-order valence-corrected chi connectivity index (χ1v) is 8.60. The van der Waals surface area contributed by atoms with Crippen LogP contribution in [0, 0.1) is 0 Å². The van der Waals surface area contributed by atoms with Crippen molar-refractivity contribution in [3.8, 4) is 5.82 Å². The molecule has 0 radical (unpaired) electrons. The molecule has 25 heavy (non-hydrogen) atoms. The highest BCUT2D eigenvalue weighted by atomic mass is 79.9. The first kappa shape index (κ1) is 16.0. The van der Waals surface area contributed by atoms with E-state index < -0.39 is 0 Å². The fraction of sp³-hybridized carbons (Fsp3) is 0.0588. The summed E-state index contributed by atoms with van der Waals surface area (Å²) in [4.78, 5) is 24.0.